The Kier molecular flexibility index (Phi) is 6.10. The van der Waals surface area contributed by atoms with Gasteiger partial charge in [-0.3, -0.25) is 0 Å². The molecule has 3 rings (SSSR count). The number of phenolic OH excluding ortho intramolecular Hbond substituents is 1. The average molecular weight is 360 g/mol. The molecular weight excluding hydrogens is 336 g/mol. The van der Waals surface area contributed by atoms with Gasteiger partial charge in [-0.1, -0.05) is 67.6 Å². The molecule has 0 saturated carbocycles. The predicted octanol–water partition coefficient (Wildman–Crippen LogP) is 5.50. The predicted molar refractivity (Wildman–Crippen MR) is 110 cm³/mol. The van der Waals surface area contributed by atoms with E-state index >= 15 is 0 Å². The smallest absolute Gasteiger partial charge is 0.322 e. The number of para-hydroxylation sites is 1. The van der Waals surface area contributed by atoms with E-state index < -0.39 is 0 Å². The number of phenols is 1. The van der Waals surface area contributed by atoms with Crippen LogP contribution >= 0.6 is 0 Å². The Balaban J connectivity index is 1.69. The van der Waals surface area contributed by atoms with E-state index in [4.69, 9.17) is 0 Å². The summed E-state index contributed by atoms with van der Waals surface area (Å²) < 4.78 is 0. The lowest BCUT2D eigenvalue weighted by Crippen LogP contribution is -2.35. The summed E-state index contributed by atoms with van der Waals surface area (Å²) in [5.74, 6) is 0.207. The zero-order valence-corrected chi connectivity index (χ0v) is 15.4. The van der Waals surface area contributed by atoms with E-state index in [1.807, 2.05) is 61.5 Å². The van der Waals surface area contributed by atoms with Crippen molar-refractivity contribution >= 4 is 11.7 Å². The van der Waals surface area contributed by atoms with Gasteiger partial charge in [-0.05, 0) is 35.7 Å². The third-order valence-electron chi connectivity index (χ3n) is 4.38. The van der Waals surface area contributed by atoms with Gasteiger partial charge in [-0.15, -0.1) is 0 Å². The monoisotopic (exact) mass is 360 g/mol. The maximum Gasteiger partial charge on any atom is 0.322 e. The van der Waals surface area contributed by atoms with Crippen molar-refractivity contribution in [2.45, 2.75) is 19.9 Å². The number of nitrogens with zero attached hydrogens (tertiary/aromatic N) is 1. The number of urea groups is 1. The molecule has 2 amide bonds. The Morgan fingerprint density at radius 3 is 2.19 bits per heavy atom. The minimum Gasteiger partial charge on any atom is -0.508 e. The molecule has 0 aliphatic heterocycles. The normalized spacial score (nSPS) is 10.4. The molecule has 138 valence electrons. The lowest BCUT2D eigenvalue weighted by Gasteiger charge is -2.23. The maximum atomic E-state index is 12.7. The van der Waals surface area contributed by atoms with E-state index in [0.29, 0.717) is 13.1 Å². The summed E-state index contributed by atoms with van der Waals surface area (Å²) in [5.41, 5.74) is 3.73. The van der Waals surface area contributed by atoms with Crippen molar-refractivity contribution in [2.24, 2.45) is 0 Å². The Bertz CT molecular complexity index is 876. The average Bonchev–Trinajstić information content (AvgIpc) is 2.70. The van der Waals surface area contributed by atoms with Gasteiger partial charge in [0.05, 0.1) is 6.54 Å². The molecule has 0 radical (unpaired) electrons. The first-order chi connectivity index (χ1) is 13.2. The van der Waals surface area contributed by atoms with Gasteiger partial charge < -0.3 is 15.3 Å². The minimum absolute atomic E-state index is 0.174. The highest BCUT2D eigenvalue weighted by atomic mass is 16.3. The van der Waals surface area contributed by atoms with Crippen LogP contribution in [0.25, 0.3) is 11.1 Å². The fourth-order valence-corrected chi connectivity index (χ4v) is 2.95. The van der Waals surface area contributed by atoms with Gasteiger partial charge in [0, 0.05) is 17.8 Å². The Hall–Kier alpha value is -3.27. The molecule has 3 aromatic rings. The zero-order chi connectivity index (χ0) is 19.1. The van der Waals surface area contributed by atoms with Gasteiger partial charge in [0.25, 0.3) is 0 Å². The van der Waals surface area contributed by atoms with Crippen LogP contribution in [-0.2, 0) is 6.54 Å². The molecule has 0 bridgehead atoms. The molecule has 0 saturated heterocycles. The summed E-state index contributed by atoms with van der Waals surface area (Å²) >= 11 is 0. The second-order valence-electron chi connectivity index (χ2n) is 6.42. The van der Waals surface area contributed by atoms with Crippen molar-refractivity contribution in [1.29, 1.82) is 0 Å². The number of amides is 2. The first kappa shape index (κ1) is 18.5. The molecule has 0 aromatic heterocycles. The molecule has 0 aliphatic rings. The molecule has 0 aliphatic carbocycles. The molecule has 27 heavy (non-hydrogen) atoms. The van der Waals surface area contributed by atoms with Crippen molar-refractivity contribution in [3.05, 3.63) is 84.4 Å². The van der Waals surface area contributed by atoms with E-state index in [1.165, 1.54) is 0 Å². The minimum atomic E-state index is -0.174. The molecule has 0 fully saturated rings. The molecule has 3 aromatic carbocycles. The first-order valence-corrected chi connectivity index (χ1v) is 9.15. The third kappa shape index (κ3) is 4.88. The number of rotatable bonds is 6. The summed E-state index contributed by atoms with van der Waals surface area (Å²) in [5, 5.41) is 12.9. The summed E-state index contributed by atoms with van der Waals surface area (Å²) in [7, 11) is 0. The highest BCUT2D eigenvalue weighted by Crippen LogP contribution is 2.22. The summed E-state index contributed by atoms with van der Waals surface area (Å²) in [6.45, 7) is 3.01. The molecule has 0 spiro atoms. The first-order valence-electron chi connectivity index (χ1n) is 9.15. The highest BCUT2D eigenvalue weighted by molar-refractivity contribution is 5.89. The van der Waals surface area contributed by atoms with Gasteiger partial charge in [-0.25, -0.2) is 4.79 Å². The van der Waals surface area contributed by atoms with Crippen LogP contribution in [0, 0.1) is 0 Å². The van der Waals surface area contributed by atoms with Gasteiger partial charge in [0.1, 0.15) is 5.75 Å². The van der Waals surface area contributed by atoms with Crippen LogP contribution in [0.2, 0.25) is 0 Å². The van der Waals surface area contributed by atoms with Gasteiger partial charge in [-0.2, -0.15) is 0 Å². The van der Waals surface area contributed by atoms with Crippen LogP contribution in [-0.4, -0.2) is 22.6 Å². The summed E-state index contributed by atoms with van der Waals surface area (Å²) in [6.07, 6.45) is 0.841. The number of anilines is 1. The van der Waals surface area contributed by atoms with Crippen LogP contribution in [0.3, 0.4) is 0 Å². The number of carbonyl (C=O) groups is 1. The fraction of sp³-hybridized carbons (Fsp3) is 0.174. The van der Waals surface area contributed by atoms with Crippen LogP contribution < -0.4 is 5.32 Å². The number of carbonyl (C=O) groups excluding carboxylic acids is 1. The molecule has 2 N–H and O–H groups in total. The molecule has 0 unspecified atom stereocenters. The molecule has 0 heterocycles. The topological polar surface area (TPSA) is 52.6 Å². The number of benzene rings is 3. The third-order valence-corrected chi connectivity index (χ3v) is 4.38. The summed E-state index contributed by atoms with van der Waals surface area (Å²) in [4.78, 5) is 14.4. The van der Waals surface area contributed by atoms with Crippen molar-refractivity contribution < 1.29 is 9.90 Å². The van der Waals surface area contributed by atoms with E-state index in [1.54, 1.807) is 17.0 Å². The van der Waals surface area contributed by atoms with Crippen LogP contribution in [0.4, 0.5) is 10.5 Å². The number of nitrogens with one attached hydrogen (secondary N) is 1. The van der Waals surface area contributed by atoms with E-state index in [2.05, 4.69) is 17.4 Å². The van der Waals surface area contributed by atoms with Crippen molar-refractivity contribution in [2.75, 3.05) is 11.9 Å². The van der Waals surface area contributed by atoms with E-state index in [0.717, 1.165) is 28.8 Å². The van der Waals surface area contributed by atoms with Crippen LogP contribution in [0.5, 0.6) is 5.75 Å². The number of hydrogen-bond acceptors (Lipinski definition) is 2. The molecule has 4 nitrogen and oxygen atoms in total. The van der Waals surface area contributed by atoms with Crippen LogP contribution in [0.1, 0.15) is 18.9 Å². The zero-order valence-electron chi connectivity index (χ0n) is 15.4. The maximum absolute atomic E-state index is 12.7. The fourth-order valence-electron chi connectivity index (χ4n) is 2.95. The van der Waals surface area contributed by atoms with Gasteiger partial charge in [0.2, 0.25) is 0 Å². The SMILES string of the molecule is CCCN(Cc1ccccc1O)C(=O)Nc1ccc(-c2ccccc2)cc1. The van der Waals surface area contributed by atoms with Crippen molar-refractivity contribution in [3.63, 3.8) is 0 Å². The quantitative estimate of drug-likeness (QED) is 0.609. The Morgan fingerprint density at radius 2 is 1.52 bits per heavy atom. The lowest BCUT2D eigenvalue weighted by atomic mass is 10.1. The number of aromatic hydroxyl groups is 1. The van der Waals surface area contributed by atoms with E-state index in [-0.39, 0.29) is 11.8 Å². The standard InChI is InChI=1S/C23H24N2O2/c1-2-16-25(17-20-10-6-7-11-22(20)26)23(27)24-21-14-12-19(13-15-21)18-8-4-3-5-9-18/h3-15,26H,2,16-17H2,1H3,(H,24,27). The van der Waals surface area contributed by atoms with Gasteiger partial charge >= 0.3 is 6.03 Å². The Morgan fingerprint density at radius 1 is 0.889 bits per heavy atom. The summed E-state index contributed by atoms with van der Waals surface area (Å²) in [6, 6.07) is 24.9. The lowest BCUT2D eigenvalue weighted by molar-refractivity contribution is 0.208. The molecule has 0 atom stereocenters. The molecular formula is C23H24N2O2. The van der Waals surface area contributed by atoms with Crippen molar-refractivity contribution in [3.8, 4) is 16.9 Å². The van der Waals surface area contributed by atoms with E-state index in [9.17, 15) is 9.90 Å². The largest absolute Gasteiger partial charge is 0.508 e. The van der Waals surface area contributed by atoms with Crippen LogP contribution in [0.15, 0.2) is 78.9 Å². The number of hydrogen-bond donors (Lipinski definition) is 2. The van der Waals surface area contributed by atoms with Gasteiger partial charge in [0.15, 0.2) is 0 Å². The second kappa shape index (κ2) is 8.90. The highest BCUT2D eigenvalue weighted by Gasteiger charge is 2.15. The second-order valence-corrected chi connectivity index (χ2v) is 6.42. The Labute approximate surface area is 160 Å². The van der Waals surface area contributed by atoms with Crippen molar-refractivity contribution in [1.82, 2.24) is 4.90 Å². The molecule has 4 heteroatoms.